The number of hydrogen-bond donors (Lipinski definition) is 1. The molecule has 0 fully saturated rings. The standard InChI is InChI=1S/C8H9BF3O/c10-9(11,12)5-7-2-1-3-8(4-7)6-13/h1-4,13H,5-6H2/q-1. The van der Waals surface area contributed by atoms with Gasteiger partial charge in [-0.1, -0.05) is 36.1 Å². The molecule has 72 valence electrons. The Bertz CT molecular complexity index is 285. The van der Waals surface area contributed by atoms with Crippen LogP contribution in [0, 0.1) is 0 Å². The maximum Gasteiger partial charge on any atom is 0.482 e. The normalized spacial score (nSPS) is 11.7. The first-order chi connectivity index (χ1) is 6.01. The second kappa shape index (κ2) is 3.83. The molecule has 0 atom stereocenters. The zero-order chi connectivity index (χ0) is 9.90. The highest BCUT2D eigenvalue weighted by molar-refractivity contribution is 6.57. The minimum atomic E-state index is -4.78. The van der Waals surface area contributed by atoms with Crippen LogP contribution >= 0.6 is 0 Å². The zero-order valence-corrected chi connectivity index (χ0v) is 6.88. The van der Waals surface area contributed by atoms with Crippen LogP contribution in [0.4, 0.5) is 12.9 Å². The van der Waals surface area contributed by atoms with Crippen molar-refractivity contribution in [3.05, 3.63) is 35.4 Å². The third kappa shape index (κ3) is 3.50. The molecule has 0 bridgehead atoms. The van der Waals surface area contributed by atoms with Gasteiger partial charge in [0.05, 0.1) is 6.61 Å². The highest BCUT2D eigenvalue weighted by Gasteiger charge is 2.22. The molecule has 0 aliphatic heterocycles. The Hall–Kier alpha value is -0.965. The summed E-state index contributed by atoms with van der Waals surface area (Å²) in [5.41, 5.74) is 0.719. The van der Waals surface area contributed by atoms with E-state index in [0.717, 1.165) is 0 Å². The van der Waals surface area contributed by atoms with Crippen molar-refractivity contribution >= 4 is 6.98 Å². The van der Waals surface area contributed by atoms with E-state index in [1.165, 1.54) is 18.2 Å². The van der Waals surface area contributed by atoms with Gasteiger partial charge in [-0.05, 0) is 5.56 Å². The Morgan fingerprint density at radius 2 is 1.77 bits per heavy atom. The SMILES string of the molecule is OCc1cccc(C[B-](F)(F)F)c1. The molecule has 5 heteroatoms. The molecule has 0 aliphatic carbocycles. The highest BCUT2D eigenvalue weighted by atomic mass is 19.4. The van der Waals surface area contributed by atoms with Gasteiger partial charge in [0.25, 0.3) is 0 Å². The number of aliphatic hydroxyl groups excluding tert-OH is 1. The van der Waals surface area contributed by atoms with Crippen LogP contribution in [0.25, 0.3) is 0 Å². The Labute approximate surface area is 74.3 Å². The topological polar surface area (TPSA) is 20.2 Å². The molecule has 0 amide bonds. The second-order valence-corrected chi connectivity index (χ2v) is 2.89. The summed E-state index contributed by atoms with van der Waals surface area (Å²) in [5, 5.41) is 8.68. The molecule has 1 aromatic carbocycles. The Morgan fingerprint density at radius 3 is 2.31 bits per heavy atom. The van der Waals surface area contributed by atoms with Crippen molar-refractivity contribution in [2.45, 2.75) is 12.9 Å². The third-order valence-corrected chi connectivity index (χ3v) is 1.64. The van der Waals surface area contributed by atoms with Crippen molar-refractivity contribution in [1.29, 1.82) is 0 Å². The lowest BCUT2D eigenvalue weighted by molar-refractivity contribution is 0.281. The van der Waals surface area contributed by atoms with E-state index in [1.54, 1.807) is 6.07 Å². The molecule has 0 heterocycles. The van der Waals surface area contributed by atoms with E-state index in [9.17, 15) is 12.9 Å². The van der Waals surface area contributed by atoms with Gasteiger partial charge in [0, 0.05) is 0 Å². The molecule has 0 spiro atoms. The van der Waals surface area contributed by atoms with Crippen molar-refractivity contribution in [2.75, 3.05) is 0 Å². The number of halogens is 3. The van der Waals surface area contributed by atoms with Crippen molar-refractivity contribution < 1.29 is 18.1 Å². The number of rotatable bonds is 3. The highest BCUT2D eigenvalue weighted by Crippen LogP contribution is 2.16. The quantitative estimate of drug-likeness (QED) is 0.721. The summed E-state index contributed by atoms with van der Waals surface area (Å²) in [4.78, 5) is 0. The van der Waals surface area contributed by atoms with Crippen LogP contribution < -0.4 is 0 Å². The van der Waals surface area contributed by atoms with Gasteiger partial charge >= 0.3 is 6.98 Å². The molecule has 0 saturated carbocycles. The Balaban J connectivity index is 2.78. The fourth-order valence-electron chi connectivity index (χ4n) is 1.12. The molecule has 0 unspecified atom stereocenters. The molecule has 13 heavy (non-hydrogen) atoms. The van der Waals surface area contributed by atoms with Crippen LogP contribution in [-0.4, -0.2) is 12.1 Å². The molecule has 0 saturated heterocycles. The first-order valence-corrected chi connectivity index (χ1v) is 3.91. The van der Waals surface area contributed by atoms with Crippen LogP contribution in [0.15, 0.2) is 24.3 Å². The van der Waals surface area contributed by atoms with Gasteiger partial charge in [-0.2, -0.15) is 0 Å². The molecular formula is C8H9BF3O-. The maximum absolute atomic E-state index is 12.0. The van der Waals surface area contributed by atoms with Crippen LogP contribution in [0.1, 0.15) is 11.1 Å². The molecule has 1 aromatic rings. The summed E-state index contributed by atoms with van der Waals surface area (Å²) in [6.07, 6.45) is -0.881. The second-order valence-electron chi connectivity index (χ2n) is 2.89. The summed E-state index contributed by atoms with van der Waals surface area (Å²) in [5.74, 6) is 0. The first-order valence-electron chi connectivity index (χ1n) is 3.91. The van der Waals surface area contributed by atoms with Gasteiger partial charge in [0.15, 0.2) is 0 Å². The van der Waals surface area contributed by atoms with Crippen molar-refractivity contribution in [3.8, 4) is 0 Å². The molecule has 1 nitrogen and oxygen atoms in total. The van der Waals surface area contributed by atoms with Crippen molar-refractivity contribution in [1.82, 2.24) is 0 Å². The van der Waals surface area contributed by atoms with Gasteiger partial charge in [-0.3, -0.25) is 0 Å². The third-order valence-electron chi connectivity index (χ3n) is 1.64. The summed E-state index contributed by atoms with van der Waals surface area (Å²) >= 11 is 0. The van der Waals surface area contributed by atoms with E-state index < -0.39 is 13.3 Å². The lowest BCUT2D eigenvalue weighted by atomic mass is 9.81. The summed E-state index contributed by atoms with van der Waals surface area (Å²) in [7, 11) is 0. The minimum Gasteiger partial charge on any atom is -0.449 e. The molecule has 1 rings (SSSR count). The fraction of sp³-hybridized carbons (Fsp3) is 0.250. The molecule has 0 aliphatic rings. The van der Waals surface area contributed by atoms with E-state index in [2.05, 4.69) is 0 Å². The van der Waals surface area contributed by atoms with Crippen LogP contribution in [-0.2, 0) is 12.9 Å². The van der Waals surface area contributed by atoms with Crippen LogP contribution in [0.5, 0.6) is 0 Å². The zero-order valence-electron chi connectivity index (χ0n) is 6.88. The average Bonchev–Trinajstić information content (AvgIpc) is 2.01. The van der Waals surface area contributed by atoms with E-state index in [0.29, 0.717) is 5.56 Å². The number of benzene rings is 1. The maximum atomic E-state index is 12.0. The molecule has 1 N–H and O–H groups in total. The van der Waals surface area contributed by atoms with E-state index in [4.69, 9.17) is 5.11 Å². The lowest BCUT2D eigenvalue weighted by Crippen LogP contribution is -2.19. The smallest absolute Gasteiger partial charge is 0.449 e. The molecule has 0 aromatic heterocycles. The van der Waals surface area contributed by atoms with E-state index in [-0.39, 0.29) is 12.2 Å². The van der Waals surface area contributed by atoms with Gasteiger partial charge < -0.3 is 18.1 Å². The van der Waals surface area contributed by atoms with E-state index >= 15 is 0 Å². The monoisotopic (exact) mass is 189 g/mol. The average molecular weight is 189 g/mol. The van der Waals surface area contributed by atoms with Crippen molar-refractivity contribution in [3.63, 3.8) is 0 Å². The number of aliphatic hydroxyl groups is 1. The largest absolute Gasteiger partial charge is 0.482 e. The fourth-order valence-corrected chi connectivity index (χ4v) is 1.12. The Morgan fingerprint density at radius 1 is 1.15 bits per heavy atom. The summed E-state index contributed by atoms with van der Waals surface area (Å²) in [6, 6.07) is 5.89. The summed E-state index contributed by atoms with van der Waals surface area (Å²) < 4.78 is 35.9. The predicted molar refractivity (Wildman–Crippen MR) is 45.1 cm³/mol. The number of hydrogen-bond acceptors (Lipinski definition) is 1. The first kappa shape index (κ1) is 10.1. The lowest BCUT2D eigenvalue weighted by Gasteiger charge is -2.13. The minimum absolute atomic E-state index is 0.207. The van der Waals surface area contributed by atoms with Crippen LogP contribution in [0.3, 0.4) is 0 Å². The van der Waals surface area contributed by atoms with Crippen molar-refractivity contribution in [2.24, 2.45) is 0 Å². The van der Waals surface area contributed by atoms with Gasteiger partial charge in [0.1, 0.15) is 0 Å². The van der Waals surface area contributed by atoms with Gasteiger partial charge in [0.2, 0.25) is 0 Å². The molecular weight excluding hydrogens is 180 g/mol. The van der Waals surface area contributed by atoms with Gasteiger partial charge in [-0.25, -0.2) is 0 Å². The Kier molecular flexibility index (Phi) is 2.98. The predicted octanol–water partition coefficient (Wildman–Crippen LogP) is 2.11. The van der Waals surface area contributed by atoms with Gasteiger partial charge in [-0.15, -0.1) is 0 Å². The molecule has 0 radical (unpaired) electrons. The van der Waals surface area contributed by atoms with Crippen LogP contribution in [0.2, 0.25) is 0 Å². The summed E-state index contributed by atoms with van der Waals surface area (Å²) in [6.45, 7) is -5.01. The van der Waals surface area contributed by atoms with E-state index in [1.807, 2.05) is 0 Å².